The van der Waals surface area contributed by atoms with Crippen molar-refractivity contribution in [2.45, 2.75) is 123 Å². The highest BCUT2D eigenvalue weighted by Crippen LogP contribution is 2.34. The summed E-state index contributed by atoms with van der Waals surface area (Å²) in [5.74, 6) is 0. The molecule has 21 heteroatoms. The third-order valence-corrected chi connectivity index (χ3v) is 8.20. The molecule has 0 aromatic heterocycles. The van der Waals surface area contributed by atoms with Gasteiger partial charge in [0.2, 0.25) is 0 Å². The summed E-state index contributed by atoms with van der Waals surface area (Å²) in [5, 5.41) is 142. The minimum Gasteiger partial charge on any atom is -0.394 e. The third-order valence-electron chi connectivity index (χ3n) is 8.20. The topological polar surface area (TPSA) is 348 Å². The van der Waals surface area contributed by atoms with Gasteiger partial charge < -0.3 is 105 Å². The van der Waals surface area contributed by atoms with Crippen LogP contribution in [0.3, 0.4) is 0 Å². The van der Waals surface area contributed by atoms with E-state index in [4.69, 9.17) is 33.2 Å². The molecular formula is C24H42O21. The second kappa shape index (κ2) is 15.6. The Labute approximate surface area is 254 Å². The third kappa shape index (κ3) is 7.44. The van der Waals surface area contributed by atoms with Crippen molar-refractivity contribution < 1.29 is 105 Å². The van der Waals surface area contributed by atoms with E-state index in [-0.39, 0.29) is 0 Å². The molecule has 4 heterocycles. The van der Waals surface area contributed by atoms with E-state index in [1.54, 1.807) is 0 Å². The van der Waals surface area contributed by atoms with Crippen LogP contribution in [0.5, 0.6) is 0 Å². The fourth-order valence-corrected chi connectivity index (χ4v) is 5.54. The second-order valence-electron chi connectivity index (χ2n) is 11.1. The number of ether oxygens (including phenoxy) is 7. The Morgan fingerprint density at radius 3 is 1.22 bits per heavy atom. The van der Waals surface area contributed by atoms with Crippen molar-refractivity contribution in [3.8, 4) is 0 Å². The van der Waals surface area contributed by atoms with E-state index in [2.05, 4.69) is 0 Å². The first-order chi connectivity index (χ1) is 21.3. The predicted octanol–water partition coefficient (Wildman–Crippen LogP) is -9.75. The van der Waals surface area contributed by atoms with E-state index in [0.717, 1.165) is 0 Å². The van der Waals surface area contributed by atoms with E-state index in [9.17, 15) is 71.5 Å². The van der Waals surface area contributed by atoms with Crippen LogP contribution in [0, 0.1) is 0 Å². The first-order valence-electron chi connectivity index (χ1n) is 14.1. The number of aliphatic hydroxyl groups is 14. The van der Waals surface area contributed by atoms with Crippen LogP contribution >= 0.6 is 0 Å². The van der Waals surface area contributed by atoms with Gasteiger partial charge in [0.05, 0.1) is 26.4 Å². The summed E-state index contributed by atoms with van der Waals surface area (Å²) >= 11 is 0. The molecule has 264 valence electrons. The molecule has 45 heavy (non-hydrogen) atoms. The first-order valence-corrected chi connectivity index (χ1v) is 14.1. The van der Waals surface area contributed by atoms with Gasteiger partial charge in [-0.1, -0.05) is 0 Å². The Morgan fingerprint density at radius 1 is 0.333 bits per heavy atom. The van der Waals surface area contributed by atoms with Crippen molar-refractivity contribution in [1.82, 2.24) is 0 Å². The van der Waals surface area contributed by atoms with Gasteiger partial charge in [-0.05, 0) is 0 Å². The Bertz CT molecular complexity index is 912. The zero-order chi connectivity index (χ0) is 33.3. The van der Waals surface area contributed by atoms with Gasteiger partial charge in [-0.2, -0.15) is 0 Å². The Balaban J connectivity index is 1.48. The Kier molecular flexibility index (Phi) is 12.8. The highest BCUT2D eigenvalue weighted by Gasteiger charge is 2.55. The maximum absolute atomic E-state index is 11.0. The minimum absolute atomic E-state index is 0.806. The highest BCUT2D eigenvalue weighted by atomic mass is 16.8. The molecule has 4 saturated heterocycles. The zero-order valence-corrected chi connectivity index (χ0v) is 23.5. The molecule has 20 atom stereocenters. The predicted molar refractivity (Wildman–Crippen MR) is 134 cm³/mol. The summed E-state index contributed by atoms with van der Waals surface area (Å²) in [4.78, 5) is 0. The SMILES string of the molecule is OC[C@H]1O[C@@H](O[C@@H]2[C@@H](O)[C@@H](O[C@H]3[C@H](O)[C@@H](O)[C@@H](O[C@H]4[C@H](O)[C@@H](O)[C@@H](O)O[C@@H]4CO)O[C@@H]3CO)O[C@H](CO)[C@H]2O)[C@H](O)[C@@H](O)[C@@H]1O. The summed E-state index contributed by atoms with van der Waals surface area (Å²) in [5.41, 5.74) is 0. The number of aliphatic hydroxyl groups excluding tert-OH is 14. The van der Waals surface area contributed by atoms with Crippen LogP contribution in [-0.2, 0) is 33.2 Å². The van der Waals surface area contributed by atoms with Gasteiger partial charge in [0.15, 0.2) is 25.2 Å². The van der Waals surface area contributed by atoms with Crippen molar-refractivity contribution in [2.24, 2.45) is 0 Å². The number of rotatable bonds is 10. The minimum atomic E-state index is -2.02. The van der Waals surface area contributed by atoms with Gasteiger partial charge in [0.1, 0.15) is 97.7 Å². The molecule has 21 nitrogen and oxygen atoms in total. The Morgan fingerprint density at radius 2 is 0.711 bits per heavy atom. The monoisotopic (exact) mass is 666 g/mol. The zero-order valence-electron chi connectivity index (χ0n) is 23.5. The van der Waals surface area contributed by atoms with Gasteiger partial charge in [0, 0.05) is 0 Å². The molecule has 0 unspecified atom stereocenters. The standard InChI is InChI=1S/C24H42O21/c25-1-5-9(29)11(31)15(35)22(40-5)45-20-10(30)6(2-26)41-24(17(20)37)44-19-8(4-28)42-23(16(36)13(19)33)43-18-7(3-27)39-21(38)14(34)12(18)32/h5-38H,1-4H2/t5-,6-,7-,8-,9-,10-,11+,12-,13-,14-,15-,16-,17-,18-,19-,20+,21+,22+,23-,24-/m1/s1. The molecule has 0 bridgehead atoms. The molecule has 0 spiro atoms. The van der Waals surface area contributed by atoms with Crippen LogP contribution in [-0.4, -0.2) is 221 Å². The molecule has 0 radical (unpaired) electrons. The summed E-state index contributed by atoms with van der Waals surface area (Å²) in [6, 6.07) is 0. The Hall–Kier alpha value is -0.840. The summed E-state index contributed by atoms with van der Waals surface area (Å²) in [6.45, 7) is -3.41. The summed E-state index contributed by atoms with van der Waals surface area (Å²) in [7, 11) is 0. The van der Waals surface area contributed by atoms with Crippen LogP contribution in [0.2, 0.25) is 0 Å². The number of hydrogen-bond acceptors (Lipinski definition) is 21. The lowest BCUT2D eigenvalue weighted by atomic mass is 9.95. The average molecular weight is 667 g/mol. The van der Waals surface area contributed by atoms with Crippen LogP contribution < -0.4 is 0 Å². The van der Waals surface area contributed by atoms with Gasteiger partial charge in [0.25, 0.3) is 0 Å². The van der Waals surface area contributed by atoms with Crippen molar-refractivity contribution in [3.63, 3.8) is 0 Å². The van der Waals surface area contributed by atoms with E-state index < -0.39 is 149 Å². The van der Waals surface area contributed by atoms with Crippen molar-refractivity contribution in [3.05, 3.63) is 0 Å². The molecule has 4 rings (SSSR count). The van der Waals surface area contributed by atoms with Crippen LogP contribution in [0.25, 0.3) is 0 Å². The summed E-state index contributed by atoms with van der Waals surface area (Å²) in [6.07, 6.45) is -35.6. The molecule has 4 fully saturated rings. The molecule has 0 amide bonds. The normalized spacial score (nSPS) is 52.9. The fraction of sp³-hybridized carbons (Fsp3) is 1.00. The lowest BCUT2D eigenvalue weighted by Crippen LogP contribution is -2.67. The molecule has 14 N–H and O–H groups in total. The van der Waals surface area contributed by atoms with E-state index >= 15 is 0 Å². The van der Waals surface area contributed by atoms with E-state index in [1.807, 2.05) is 0 Å². The van der Waals surface area contributed by atoms with Crippen molar-refractivity contribution in [1.29, 1.82) is 0 Å². The molecule has 4 aliphatic rings. The quantitative estimate of drug-likeness (QED) is 0.103. The molecule has 4 aliphatic heterocycles. The smallest absolute Gasteiger partial charge is 0.187 e. The van der Waals surface area contributed by atoms with E-state index in [1.165, 1.54) is 0 Å². The van der Waals surface area contributed by atoms with Gasteiger partial charge in [-0.25, -0.2) is 0 Å². The van der Waals surface area contributed by atoms with Crippen LogP contribution in [0.4, 0.5) is 0 Å². The average Bonchev–Trinajstić information content (AvgIpc) is 3.03. The molecule has 0 aliphatic carbocycles. The molecule has 0 saturated carbocycles. The largest absolute Gasteiger partial charge is 0.394 e. The van der Waals surface area contributed by atoms with Crippen molar-refractivity contribution >= 4 is 0 Å². The maximum Gasteiger partial charge on any atom is 0.187 e. The van der Waals surface area contributed by atoms with Crippen molar-refractivity contribution in [2.75, 3.05) is 26.4 Å². The summed E-state index contributed by atoms with van der Waals surface area (Å²) < 4.78 is 37.7. The molecule has 0 aromatic rings. The maximum atomic E-state index is 11.0. The van der Waals surface area contributed by atoms with Gasteiger partial charge in [-0.3, -0.25) is 0 Å². The van der Waals surface area contributed by atoms with Gasteiger partial charge >= 0.3 is 0 Å². The highest BCUT2D eigenvalue weighted by molar-refractivity contribution is 4.97. The van der Waals surface area contributed by atoms with Crippen LogP contribution in [0.15, 0.2) is 0 Å². The molecular weight excluding hydrogens is 624 g/mol. The van der Waals surface area contributed by atoms with Crippen LogP contribution in [0.1, 0.15) is 0 Å². The number of hydrogen-bond donors (Lipinski definition) is 14. The van der Waals surface area contributed by atoms with Gasteiger partial charge in [-0.15, -0.1) is 0 Å². The molecule has 0 aromatic carbocycles. The lowest BCUT2D eigenvalue weighted by molar-refractivity contribution is -0.388. The second-order valence-corrected chi connectivity index (χ2v) is 11.1. The lowest BCUT2D eigenvalue weighted by Gasteiger charge is -2.49. The van der Waals surface area contributed by atoms with E-state index in [0.29, 0.717) is 0 Å². The first kappa shape index (κ1) is 37.0. The fourth-order valence-electron chi connectivity index (χ4n) is 5.54.